The molecule has 0 spiro atoms. The van der Waals surface area contributed by atoms with Crippen LogP contribution in [0.4, 0.5) is 27.6 Å². The van der Waals surface area contributed by atoms with Gasteiger partial charge in [0, 0.05) is 60.5 Å². The predicted octanol–water partition coefficient (Wildman–Crippen LogP) is 17.2. The number of hydrogen-bond acceptors (Lipinski definition) is 6. The molecule has 14 aromatic rings. The molecule has 9 nitrogen and oxygen atoms in total. The molecule has 14 rings (SSSR count). The predicted molar refractivity (Wildman–Crippen MR) is 306 cm³/mol. The molecule has 0 fully saturated rings. The first kappa shape index (κ1) is 48.3. The average molecular weight is 1060 g/mol. The van der Waals surface area contributed by atoms with Crippen LogP contribution in [-0.4, -0.2) is 39.0 Å². The quantitative estimate of drug-likeness (QED) is 0.0619. The maximum absolute atomic E-state index is 16.6. The van der Waals surface area contributed by atoms with Crippen LogP contribution >= 0.6 is 0 Å². The molecule has 4 aromatic heterocycles. The van der Waals surface area contributed by atoms with E-state index in [9.17, 15) is 11.0 Å². The van der Waals surface area contributed by atoms with E-state index in [4.69, 9.17) is 29.9 Å². The lowest BCUT2D eigenvalue weighted by Crippen LogP contribution is -2.08. The number of hydrogen-bond donors (Lipinski definition) is 0. The molecule has 0 unspecified atom stereocenters. The largest absolute Gasteiger partial charge is 0.319 e. The monoisotopic (exact) mass is 1060 g/mol. The molecule has 4 heterocycles. The highest BCUT2D eigenvalue weighted by Crippen LogP contribution is 2.48. The fourth-order valence-corrected chi connectivity index (χ4v) is 10.7. The summed E-state index contributed by atoms with van der Waals surface area (Å²) in [5.41, 5.74) is 4.51. The standard InChI is InChI=1S/C67H36F5N9/c1-73-60-51(80-49-28-16-14-26-44(49)46-32-30-42(36-52(46)80)66-76-62(38-18-6-2-7-19-38)74-63(77-66)39-20-8-3-9-21-39)35-34-48(54-55(68)57(70)59(72)58(71)56(54)69)61(60)81-50-29-17-15-27-45(50)47-33-31-43(37-53(47)81)67-78-64(40-22-10-4-11-23-40)75-65(79-67)41-24-12-5-13-25-41/h2-37H. The highest BCUT2D eigenvalue weighted by atomic mass is 19.2. The zero-order chi connectivity index (χ0) is 54.9. The van der Waals surface area contributed by atoms with Gasteiger partial charge >= 0.3 is 0 Å². The Labute approximate surface area is 458 Å². The highest BCUT2D eigenvalue weighted by Gasteiger charge is 2.32. The average Bonchev–Trinajstić information content (AvgIpc) is 4.24. The molecule has 0 aliphatic carbocycles. The Kier molecular flexibility index (Phi) is 11.6. The number of para-hydroxylation sites is 2. The highest BCUT2D eigenvalue weighted by molar-refractivity contribution is 6.13. The van der Waals surface area contributed by atoms with Gasteiger partial charge in [-0.05, 0) is 30.3 Å². The fourth-order valence-electron chi connectivity index (χ4n) is 10.7. The van der Waals surface area contributed by atoms with Gasteiger partial charge < -0.3 is 9.13 Å². The van der Waals surface area contributed by atoms with Crippen molar-refractivity contribution < 1.29 is 22.0 Å². The van der Waals surface area contributed by atoms with Crippen LogP contribution in [0.25, 0.3) is 139 Å². The van der Waals surface area contributed by atoms with E-state index in [-0.39, 0.29) is 22.9 Å². The van der Waals surface area contributed by atoms with Gasteiger partial charge in [-0.25, -0.2) is 56.7 Å². The van der Waals surface area contributed by atoms with E-state index in [1.165, 1.54) is 12.1 Å². The van der Waals surface area contributed by atoms with Gasteiger partial charge in [-0.3, -0.25) is 0 Å². The first-order chi connectivity index (χ1) is 39.7. The minimum Gasteiger partial charge on any atom is -0.319 e. The van der Waals surface area contributed by atoms with Crippen molar-refractivity contribution in [2.75, 3.05) is 0 Å². The van der Waals surface area contributed by atoms with Crippen molar-refractivity contribution in [3.63, 3.8) is 0 Å². The zero-order valence-electron chi connectivity index (χ0n) is 42.2. The molecule has 0 amide bonds. The normalized spacial score (nSPS) is 11.5. The second kappa shape index (κ2) is 19.5. The third kappa shape index (κ3) is 8.05. The molecule has 0 aliphatic rings. The van der Waals surface area contributed by atoms with Gasteiger partial charge in [0.2, 0.25) is 11.5 Å². The van der Waals surface area contributed by atoms with E-state index in [2.05, 4.69) is 4.85 Å². The molecule has 0 radical (unpaired) electrons. The maximum atomic E-state index is 16.6. The first-order valence-corrected chi connectivity index (χ1v) is 25.6. The molecular formula is C67H36F5N9. The summed E-state index contributed by atoms with van der Waals surface area (Å²) in [5, 5.41) is 2.88. The Morgan fingerprint density at radius 2 is 0.642 bits per heavy atom. The number of halogens is 5. The summed E-state index contributed by atoms with van der Waals surface area (Å²) in [6, 6.07) is 66.9. The van der Waals surface area contributed by atoms with E-state index in [0.29, 0.717) is 73.1 Å². The molecule has 384 valence electrons. The lowest BCUT2D eigenvalue weighted by atomic mass is 9.98. The van der Waals surface area contributed by atoms with Gasteiger partial charge in [0.1, 0.15) is 0 Å². The van der Waals surface area contributed by atoms with Crippen molar-refractivity contribution in [3.05, 3.63) is 259 Å². The fraction of sp³-hybridized carbons (Fsp3) is 0. The Morgan fingerprint density at radius 3 is 1.05 bits per heavy atom. The van der Waals surface area contributed by atoms with Crippen molar-refractivity contribution in [2.24, 2.45) is 0 Å². The van der Waals surface area contributed by atoms with Gasteiger partial charge in [-0.2, -0.15) is 0 Å². The van der Waals surface area contributed by atoms with E-state index >= 15 is 17.6 Å². The van der Waals surface area contributed by atoms with Crippen LogP contribution in [0.1, 0.15) is 0 Å². The van der Waals surface area contributed by atoms with Gasteiger partial charge in [-0.15, -0.1) is 0 Å². The summed E-state index contributed by atoms with van der Waals surface area (Å²) in [5.74, 6) is -8.37. The second-order valence-corrected chi connectivity index (χ2v) is 19.1. The second-order valence-electron chi connectivity index (χ2n) is 19.1. The molecule has 0 aliphatic heterocycles. The summed E-state index contributed by atoms with van der Waals surface area (Å²) < 4.78 is 83.0. The minimum atomic E-state index is -2.31. The number of rotatable bonds is 9. The van der Waals surface area contributed by atoms with Crippen LogP contribution in [0.2, 0.25) is 0 Å². The van der Waals surface area contributed by atoms with Crippen LogP contribution < -0.4 is 0 Å². The Balaban J connectivity index is 1.06. The van der Waals surface area contributed by atoms with Crippen molar-refractivity contribution in [2.45, 2.75) is 0 Å². The van der Waals surface area contributed by atoms with E-state index in [1.807, 2.05) is 193 Å². The van der Waals surface area contributed by atoms with E-state index in [1.54, 1.807) is 22.8 Å². The lowest BCUT2D eigenvalue weighted by Gasteiger charge is -2.21. The van der Waals surface area contributed by atoms with Crippen LogP contribution in [-0.2, 0) is 0 Å². The summed E-state index contributed by atoms with van der Waals surface area (Å²) in [6.07, 6.45) is 0. The Bertz CT molecular complexity index is 4740. The van der Waals surface area contributed by atoms with Gasteiger partial charge in [-0.1, -0.05) is 188 Å². The van der Waals surface area contributed by atoms with Crippen molar-refractivity contribution >= 4 is 49.3 Å². The van der Waals surface area contributed by atoms with Crippen LogP contribution in [0.15, 0.2) is 218 Å². The molecule has 0 saturated heterocycles. The Morgan fingerprint density at radius 1 is 0.309 bits per heavy atom. The zero-order valence-corrected chi connectivity index (χ0v) is 42.2. The lowest BCUT2D eigenvalue weighted by molar-refractivity contribution is 0.381. The molecule has 14 heteroatoms. The van der Waals surface area contributed by atoms with Crippen LogP contribution in [0.5, 0.6) is 0 Å². The number of fused-ring (bicyclic) bond motifs is 6. The van der Waals surface area contributed by atoms with Gasteiger partial charge in [0.05, 0.1) is 45.6 Å². The van der Waals surface area contributed by atoms with Gasteiger partial charge in [0.25, 0.3) is 0 Å². The van der Waals surface area contributed by atoms with Crippen LogP contribution in [0, 0.1) is 35.7 Å². The molecule has 81 heavy (non-hydrogen) atoms. The molecular weight excluding hydrogens is 1030 g/mol. The number of benzene rings is 10. The minimum absolute atomic E-state index is 0.154. The SMILES string of the molecule is [C-]#[N+]c1c(-n2c3ccccc3c3ccc(-c4nc(-c5ccccc5)nc(-c5ccccc5)n4)cc32)ccc(-c2c(F)c(F)c(F)c(F)c2F)c1-n1c2ccccc2c2ccc(-c3nc(-c4ccccc4)nc(-c4ccccc4)n3)cc21. The number of nitrogens with zero attached hydrogens (tertiary/aromatic N) is 9. The Hall–Kier alpha value is -11.0. The summed E-state index contributed by atoms with van der Waals surface area (Å²) in [7, 11) is 0. The topological polar surface area (TPSA) is 91.6 Å². The summed E-state index contributed by atoms with van der Waals surface area (Å²) in [6.45, 7) is 9.17. The first-order valence-electron chi connectivity index (χ1n) is 25.6. The van der Waals surface area contributed by atoms with Crippen molar-refractivity contribution in [1.29, 1.82) is 0 Å². The molecule has 0 bridgehead atoms. The summed E-state index contributed by atoms with van der Waals surface area (Å²) in [4.78, 5) is 33.9. The van der Waals surface area contributed by atoms with E-state index < -0.39 is 40.2 Å². The maximum Gasteiger partial charge on any atom is 0.234 e. The van der Waals surface area contributed by atoms with Gasteiger partial charge in [0.15, 0.2) is 58.2 Å². The third-order valence-electron chi connectivity index (χ3n) is 14.4. The molecule has 10 aromatic carbocycles. The van der Waals surface area contributed by atoms with Crippen molar-refractivity contribution in [3.8, 4) is 90.8 Å². The smallest absolute Gasteiger partial charge is 0.234 e. The number of aromatic nitrogens is 8. The molecule has 0 saturated carbocycles. The molecule has 0 N–H and O–H groups in total. The van der Waals surface area contributed by atoms with Crippen molar-refractivity contribution in [1.82, 2.24) is 39.0 Å². The van der Waals surface area contributed by atoms with E-state index in [0.717, 1.165) is 33.0 Å². The molecule has 0 atom stereocenters. The summed E-state index contributed by atoms with van der Waals surface area (Å²) >= 11 is 0. The third-order valence-corrected chi connectivity index (χ3v) is 14.4. The van der Waals surface area contributed by atoms with Crippen LogP contribution in [0.3, 0.4) is 0 Å².